The summed E-state index contributed by atoms with van der Waals surface area (Å²) in [6.45, 7) is 0.821. The summed E-state index contributed by atoms with van der Waals surface area (Å²) in [4.78, 5) is 30.2. The highest BCUT2D eigenvalue weighted by molar-refractivity contribution is 8.00. The van der Waals surface area contributed by atoms with Gasteiger partial charge >= 0.3 is 0 Å². The minimum atomic E-state index is -0.181. The van der Waals surface area contributed by atoms with E-state index in [9.17, 15) is 9.59 Å². The minimum Gasteiger partial charge on any atom is -0.383 e. The number of amides is 1. The molecule has 6 nitrogen and oxygen atoms in total. The quantitative estimate of drug-likeness (QED) is 0.557. The van der Waals surface area contributed by atoms with E-state index in [2.05, 4.69) is 10.3 Å². The molecule has 0 saturated heterocycles. The number of hydrogen-bond donors (Lipinski definition) is 1. The molecule has 1 aliphatic heterocycles. The molecular weight excluding hydrogens is 394 g/mol. The number of benzene rings is 1. The molecule has 3 rings (SSSR count). The van der Waals surface area contributed by atoms with Crippen molar-refractivity contribution in [2.24, 2.45) is 0 Å². The Morgan fingerprint density at radius 3 is 3.12 bits per heavy atom. The molecule has 0 unspecified atom stereocenters. The second kappa shape index (κ2) is 8.94. The number of fused-ring (bicyclic) bond motifs is 1. The van der Waals surface area contributed by atoms with Crippen LogP contribution in [-0.4, -0.2) is 40.7 Å². The van der Waals surface area contributed by atoms with Gasteiger partial charge in [-0.2, -0.15) is 0 Å². The van der Waals surface area contributed by atoms with Gasteiger partial charge in [-0.3, -0.25) is 14.2 Å². The van der Waals surface area contributed by atoms with Crippen LogP contribution in [-0.2, 0) is 22.5 Å². The number of hydrogen-bond acceptors (Lipinski definition) is 6. The number of rotatable bonds is 7. The maximum atomic E-state index is 12.7. The zero-order valence-corrected chi connectivity index (χ0v) is 16.5. The van der Waals surface area contributed by atoms with Crippen molar-refractivity contribution in [1.29, 1.82) is 0 Å². The molecule has 1 N–H and O–H groups in total. The standard InChI is InChI=1S/C17H18ClN3O3S2/c1-24-7-6-21-16(23)15-13(5-8-25-15)20-17(21)26-10-14(22)19-12-4-2-3-11(18)9-12/h2-4,9H,5-8,10H2,1H3,(H,19,22). The van der Waals surface area contributed by atoms with E-state index in [4.69, 9.17) is 16.3 Å². The van der Waals surface area contributed by atoms with E-state index in [0.29, 0.717) is 33.9 Å². The zero-order valence-electron chi connectivity index (χ0n) is 14.2. The summed E-state index contributed by atoms with van der Waals surface area (Å²) >= 11 is 8.72. The first-order valence-electron chi connectivity index (χ1n) is 8.02. The Hall–Kier alpha value is -1.48. The topological polar surface area (TPSA) is 73.2 Å². The molecule has 0 fully saturated rings. The van der Waals surface area contributed by atoms with Gasteiger partial charge in [0.2, 0.25) is 5.91 Å². The Labute approximate surface area is 164 Å². The van der Waals surface area contributed by atoms with Crippen molar-refractivity contribution in [3.8, 4) is 0 Å². The third-order valence-corrected chi connectivity index (χ3v) is 6.03. The Bertz CT molecular complexity index is 873. The second-order valence-electron chi connectivity index (χ2n) is 5.57. The molecule has 0 atom stereocenters. The van der Waals surface area contributed by atoms with E-state index in [0.717, 1.165) is 17.9 Å². The lowest BCUT2D eigenvalue weighted by atomic mass is 10.3. The number of anilines is 1. The molecule has 1 amide bonds. The van der Waals surface area contributed by atoms with Crippen molar-refractivity contribution in [2.45, 2.75) is 23.0 Å². The summed E-state index contributed by atoms with van der Waals surface area (Å²) in [6, 6.07) is 6.97. The molecule has 138 valence electrons. The van der Waals surface area contributed by atoms with Gasteiger partial charge in [-0.25, -0.2) is 4.98 Å². The molecule has 0 bridgehead atoms. The van der Waals surface area contributed by atoms with E-state index in [1.165, 1.54) is 11.8 Å². The van der Waals surface area contributed by atoms with Gasteiger partial charge in [-0.1, -0.05) is 29.4 Å². The highest BCUT2D eigenvalue weighted by Crippen LogP contribution is 2.28. The van der Waals surface area contributed by atoms with Crippen LogP contribution < -0.4 is 10.9 Å². The highest BCUT2D eigenvalue weighted by Gasteiger charge is 2.22. The molecule has 0 saturated carbocycles. The van der Waals surface area contributed by atoms with Crippen LogP contribution in [0.1, 0.15) is 5.69 Å². The van der Waals surface area contributed by atoms with Crippen LogP contribution in [0.5, 0.6) is 0 Å². The van der Waals surface area contributed by atoms with Crippen molar-refractivity contribution in [3.63, 3.8) is 0 Å². The highest BCUT2D eigenvalue weighted by atomic mass is 35.5. The summed E-state index contributed by atoms with van der Waals surface area (Å²) in [7, 11) is 1.59. The number of ether oxygens (including phenoxy) is 1. The predicted molar refractivity (Wildman–Crippen MR) is 106 cm³/mol. The third kappa shape index (κ3) is 4.62. The van der Waals surface area contributed by atoms with Crippen molar-refractivity contribution < 1.29 is 9.53 Å². The molecule has 26 heavy (non-hydrogen) atoms. The first kappa shape index (κ1) is 19.3. The number of carbonyl (C=O) groups is 1. The van der Waals surface area contributed by atoms with E-state index < -0.39 is 0 Å². The summed E-state index contributed by atoms with van der Waals surface area (Å²) in [5.41, 5.74) is 1.41. The average Bonchev–Trinajstić information content (AvgIpc) is 3.08. The van der Waals surface area contributed by atoms with Gasteiger partial charge in [-0.15, -0.1) is 11.8 Å². The van der Waals surface area contributed by atoms with Gasteiger partial charge in [0.25, 0.3) is 5.56 Å². The van der Waals surface area contributed by atoms with Gasteiger partial charge in [-0.05, 0) is 18.2 Å². The maximum absolute atomic E-state index is 12.7. The summed E-state index contributed by atoms with van der Waals surface area (Å²) in [6.07, 6.45) is 0.780. The summed E-state index contributed by atoms with van der Waals surface area (Å²) < 4.78 is 6.69. The number of carbonyl (C=O) groups excluding carboxylic acids is 1. The maximum Gasteiger partial charge on any atom is 0.268 e. The van der Waals surface area contributed by atoms with Gasteiger partial charge in [0.15, 0.2) is 5.16 Å². The predicted octanol–water partition coefficient (Wildman–Crippen LogP) is 2.92. The number of thioether (sulfide) groups is 2. The molecular formula is C17H18ClN3O3S2. The smallest absolute Gasteiger partial charge is 0.268 e. The largest absolute Gasteiger partial charge is 0.383 e. The van der Waals surface area contributed by atoms with Crippen molar-refractivity contribution in [2.75, 3.05) is 30.5 Å². The van der Waals surface area contributed by atoms with Crippen molar-refractivity contribution >= 4 is 46.7 Å². The minimum absolute atomic E-state index is 0.0488. The van der Waals surface area contributed by atoms with Crippen LogP contribution in [0.4, 0.5) is 5.69 Å². The zero-order chi connectivity index (χ0) is 18.5. The molecule has 1 aromatic heterocycles. The SMILES string of the molecule is COCCn1c(SCC(=O)Nc2cccc(Cl)c2)nc2c(c1=O)SCC2. The van der Waals surface area contributed by atoms with E-state index >= 15 is 0 Å². The number of nitrogens with one attached hydrogen (secondary N) is 1. The van der Waals surface area contributed by atoms with Gasteiger partial charge in [0.1, 0.15) is 0 Å². The van der Waals surface area contributed by atoms with Gasteiger partial charge in [0.05, 0.1) is 29.5 Å². The fourth-order valence-electron chi connectivity index (χ4n) is 2.51. The van der Waals surface area contributed by atoms with Crippen LogP contribution in [0.3, 0.4) is 0 Å². The Morgan fingerprint density at radius 2 is 2.35 bits per heavy atom. The number of halogens is 1. The molecule has 1 aromatic carbocycles. The van der Waals surface area contributed by atoms with Crippen LogP contribution in [0.15, 0.2) is 39.1 Å². The van der Waals surface area contributed by atoms with E-state index in [1.54, 1.807) is 47.7 Å². The van der Waals surface area contributed by atoms with Crippen molar-refractivity contribution in [1.82, 2.24) is 9.55 Å². The first-order valence-corrected chi connectivity index (χ1v) is 10.4. The first-order chi connectivity index (χ1) is 12.6. The second-order valence-corrected chi connectivity index (χ2v) is 8.05. The third-order valence-electron chi connectivity index (χ3n) is 3.71. The lowest BCUT2D eigenvalue weighted by Crippen LogP contribution is -2.27. The normalized spacial score (nSPS) is 12.8. The monoisotopic (exact) mass is 411 g/mol. The molecule has 2 heterocycles. The molecule has 1 aliphatic rings. The van der Waals surface area contributed by atoms with Gasteiger partial charge < -0.3 is 10.1 Å². The van der Waals surface area contributed by atoms with E-state index in [-0.39, 0.29) is 17.2 Å². The molecule has 0 radical (unpaired) electrons. The average molecular weight is 412 g/mol. The number of nitrogens with zero attached hydrogens (tertiary/aromatic N) is 2. The van der Waals surface area contributed by atoms with Crippen molar-refractivity contribution in [3.05, 3.63) is 45.3 Å². The van der Waals surface area contributed by atoms with Crippen LogP contribution in [0.25, 0.3) is 0 Å². The fourth-order valence-corrected chi connectivity index (χ4v) is 4.58. The molecule has 0 spiro atoms. The molecule has 2 aromatic rings. The summed E-state index contributed by atoms with van der Waals surface area (Å²) in [5.74, 6) is 0.836. The van der Waals surface area contributed by atoms with Gasteiger partial charge in [0, 0.05) is 30.0 Å². The number of aryl methyl sites for hydroxylation is 1. The summed E-state index contributed by atoms with van der Waals surface area (Å²) in [5, 5.41) is 3.90. The van der Waals surface area contributed by atoms with Crippen LogP contribution >= 0.6 is 35.1 Å². The fraction of sp³-hybridized carbons (Fsp3) is 0.353. The van der Waals surface area contributed by atoms with Crippen LogP contribution in [0, 0.1) is 0 Å². The Morgan fingerprint density at radius 1 is 1.50 bits per heavy atom. The lowest BCUT2D eigenvalue weighted by molar-refractivity contribution is -0.113. The van der Waals surface area contributed by atoms with E-state index in [1.807, 2.05) is 0 Å². The number of aromatic nitrogens is 2. The lowest BCUT2D eigenvalue weighted by Gasteiger charge is -2.13. The molecule has 9 heteroatoms. The van der Waals surface area contributed by atoms with Crippen LogP contribution in [0.2, 0.25) is 5.02 Å². The number of methoxy groups -OCH3 is 1. The molecule has 0 aliphatic carbocycles. The Kier molecular flexibility index (Phi) is 6.63. The Balaban J connectivity index is 1.73.